The zero-order chi connectivity index (χ0) is 10.3. The van der Waals surface area contributed by atoms with Gasteiger partial charge >= 0.3 is 0 Å². The normalized spacial score (nSPS) is 15.4. The number of hydrogen-bond donors (Lipinski definition) is 1. The molecule has 0 heterocycles. The predicted octanol–water partition coefficient (Wildman–Crippen LogP) is 1.55. The van der Waals surface area contributed by atoms with Crippen molar-refractivity contribution in [1.82, 2.24) is 5.32 Å². The minimum Gasteiger partial charge on any atom is -0.380 e. The SMILES string of the molecule is CCOCC(NC(C)C#N)C(C)C. The van der Waals surface area contributed by atoms with Crippen LogP contribution in [0.5, 0.6) is 0 Å². The van der Waals surface area contributed by atoms with Gasteiger partial charge in [-0.3, -0.25) is 5.32 Å². The fourth-order valence-electron chi connectivity index (χ4n) is 1.04. The van der Waals surface area contributed by atoms with Crippen molar-refractivity contribution in [3.05, 3.63) is 0 Å². The maximum atomic E-state index is 8.64. The third-order valence-electron chi connectivity index (χ3n) is 1.96. The van der Waals surface area contributed by atoms with Gasteiger partial charge in [0.2, 0.25) is 0 Å². The van der Waals surface area contributed by atoms with E-state index in [0.717, 1.165) is 6.61 Å². The summed E-state index contributed by atoms with van der Waals surface area (Å²) in [5.41, 5.74) is 0. The van der Waals surface area contributed by atoms with E-state index in [1.54, 1.807) is 0 Å². The first-order valence-corrected chi connectivity index (χ1v) is 4.85. The number of ether oxygens (including phenoxy) is 1. The summed E-state index contributed by atoms with van der Waals surface area (Å²) in [4.78, 5) is 0. The number of rotatable bonds is 6. The Morgan fingerprint density at radius 3 is 2.38 bits per heavy atom. The first-order chi connectivity index (χ1) is 6.11. The molecule has 0 bridgehead atoms. The number of nitriles is 1. The standard InChI is InChI=1S/C10H20N2O/c1-5-13-7-10(8(2)3)12-9(4)6-11/h8-10,12H,5,7H2,1-4H3. The largest absolute Gasteiger partial charge is 0.380 e. The molecular weight excluding hydrogens is 164 g/mol. The van der Waals surface area contributed by atoms with Crippen LogP contribution in [0.15, 0.2) is 0 Å². The van der Waals surface area contributed by atoms with Gasteiger partial charge in [0.1, 0.15) is 0 Å². The first kappa shape index (κ1) is 12.4. The Morgan fingerprint density at radius 2 is 2.00 bits per heavy atom. The van der Waals surface area contributed by atoms with Crippen molar-refractivity contribution in [2.45, 2.75) is 39.8 Å². The lowest BCUT2D eigenvalue weighted by atomic mass is 10.0. The minimum atomic E-state index is -0.104. The monoisotopic (exact) mass is 184 g/mol. The molecule has 0 rings (SSSR count). The van der Waals surface area contributed by atoms with Gasteiger partial charge in [0.25, 0.3) is 0 Å². The third kappa shape index (κ3) is 5.62. The van der Waals surface area contributed by atoms with Crippen LogP contribution in [0.25, 0.3) is 0 Å². The molecule has 3 heteroatoms. The van der Waals surface area contributed by atoms with Crippen LogP contribution in [0.1, 0.15) is 27.7 Å². The topological polar surface area (TPSA) is 45.0 Å². The van der Waals surface area contributed by atoms with Gasteiger partial charge in [-0.15, -0.1) is 0 Å². The van der Waals surface area contributed by atoms with Crippen molar-refractivity contribution in [2.24, 2.45) is 5.92 Å². The van der Waals surface area contributed by atoms with E-state index in [4.69, 9.17) is 10.00 Å². The molecule has 2 atom stereocenters. The van der Waals surface area contributed by atoms with Crippen LogP contribution >= 0.6 is 0 Å². The highest BCUT2D eigenvalue weighted by molar-refractivity contribution is 4.88. The minimum absolute atomic E-state index is 0.104. The Kier molecular flexibility index (Phi) is 6.56. The second kappa shape index (κ2) is 6.88. The number of hydrogen-bond acceptors (Lipinski definition) is 3. The van der Waals surface area contributed by atoms with E-state index < -0.39 is 0 Å². The Morgan fingerprint density at radius 1 is 1.38 bits per heavy atom. The molecule has 0 aromatic heterocycles. The summed E-state index contributed by atoms with van der Waals surface area (Å²) in [6, 6.07) is 2.33. The molecule has 0 aliphatic heterocycles. The van der Waals surface area contributed by atoms with E-state index in [1.807, 2.05) is 13.8 Å². The van der Waals surface area contributed by atoms with E-state index in [-0.39, 0.29) is 12.1 Å². The molecule has 0 aromatic carbocycles. The van der Waals surface area contributed by atoms with E-state index in [9.17, 15) is 0 Å². The lowest BCUT2D eigenvalue weighted by molar-refractivity contribution is 0.107. The highest BCUT2D eigenvalue weighted by Gasteiger charge is 2.15. The Balaban J connectivity index is 3.88. The maximum absolute atomic E-state index is 8.64. The fourth-order valence-corrected chi connectivity index (χ4v) is 1.04. The smallest absolute Gasteiger partial charge is 0.0927 e. The van der Waals surface area contributed by atoms with E-state index >= 15 is 0 Å². The Labute approximate surface area is 81.1 Å². The molecule has 3 nitrogen and oxygen atoms in total. The van der Waals surface area contributed by atoms with E-state index in [0.29, 0.717) is 12.5 Å². The van der Waals surface area contributed by atoms with Gasteiger partial charge in [0.05, 0.1) is 18.7 Å². The molecule has 0 saturated carbocycles. The molecule has 1 N–H and O–H groups in total. The van der Waals surface area contributed by atoms with E-state index in [2.05, 4.69) is 25.2 Å². The van der Waals surface area contributed by atoms with Crippen molar-refractivity contribution in [3.8, 4) is 6.07 Å². The molecule has 13 heavy (non-hydrogen) atoms. The van der Waals surface area contributed by atoms with Crippen molar-refractivity contribution in [2.75, 3.05) is 13.2 Å². The highest BCUT2D eigenvalue weighted by Crippen LogP contribution is 2.03. The molecule has 0 amide bonds. The van der Waals surface area contributed by atoms with Crippen LogP contribution in [-0.4, -0.2) is 25.3 Å². The maximum Gasteiger partial charge on any atom is 0.0927 e. The second-order valence-corrected chi connectivity index (χ2v) is 3.53. The van der Waals surface area contributed by atoms with Crippen molar-refractivity contribution in [3.63, 3.8) is 0 Å². The number of nitrogens with one attached hydrogen (secondary N) is 1. The lowest BCUT2D eigenvalue weighted by Crippen LogP contribution is -2.42. The summed E-state index contributed by atoms with van der Waals surface area (Å²) in [5, 5.41) is 11.9. The van der Waals surface area contributed by atoms with Crippen molar-refractivity contribution < 1.29 is 4.74 Å². The van der Waals surface area contributed by atoms with Crippen LogP contribution in [0.3, 0.4) is 0 Å². The van der Waals surface area contributed by atoms with Gasteiger partial charge in [0.15, 0.2) is 0 Å². The third-order valence-corrected chi connectivity index (χ3v) is 1.96. The van der Waals surface area contributed by atoms with Crippen LogP contribution < -0.4 is 5.32 Å². The highest BCUT2D eigenvalue weighted by atomic mass is 16.5. The van der Waals surface area contributed by atoms with Gasteiger partial charge in [-0.25, -0.2) is 0 Å². The lowest BCUT2D eigenvalue weighted by Gasteiger charge is -2.23. The van der Waals surface area contributed by atoms with Crippen molar-refractivity contribution in [1.29, 1.82) is 5.26 Å². The van der Waals surface area contributed by atoms with Gasteiger partial charge in [-0.2, -0.15) is 5.26 Å². The summed E-state index contributed by atoms with van der Waals surface area (Å²) in [6.07, 6.45) is 0. The molecule has 0 aliphatic rings. The Hall–Kier alpha value is -0.590. The summed E-state index contributed by atoms with van der Waals surface area (Å²) in [6.45, 7) is 9.50. The molecule has 2 unspecified atom stereocenters. The quantitative estimate of drug-likeness (QED) is 0.681. The predicted molar refractivity (Wildman–Crippen MR) is 53.3 cm³/mol. The average molecular weight is 184 g/mol. The van der Waals surface area contributed by atoms with Crippen LogP contribution in [0, 0.1) is 17.2 Å². The molecular formula is C10H20N2O. The molecule has 0 aromatic rings. The van der Waals surface area contributed by atoms with Gasteiger partial charge < -0.3 is 4.74 Å². The average Bonchev–Trinajstić information content (AvgIpc) is 2.11. The zero-order valence-electron chi connectivity index (χ0n) is 9.00. The Bertz CT molecular complexity index is 163. The summed E-state index contributed by atoms with van der Waals surface area (Å²) >= 11 is 0. The molecule has 76 valence electrons. The molecule has 0 aliphatic carbocycles. The van der Waals surface area contributed by atoms with Crippen LogP contribution in [0.2, 0.25) is 0 Å². The zero-order valence-corrected chi connectivity index (χ0v) is 9.00. The summed E-state index contributed by atoms with van der Waals surface area (Å²) < 4.78 is 5.33. The fraction of sp³-hybridized carbons (Fsp3) is 0.900. The van der Waals surface area contributed by atoms with Gasteiger partial charge in [-0.1, -0.05) is 13.8 Å². The molecule has 0 spiro atoms. The molecule has 0 fully saturated rings. The van der Waals surface area contributed by atoms with Crippen LogP contribution in [-0.2, 0) is 4.74 Å². The molecule has 0 radical (unpaired) electrons. The first-order valence-electron chi connectivity index (χ1n) is 4.85. The van der Waals surface area contributed by atoms with Gasteiger partial charge in [0, 0.05) is 12.6 Å². The van der Waals surface area contributed by atoms with E-state index in [1.165, 1.54) is 0 Å². The van der Waals surface area contributed by atoms with Crippen molar-refractivity contribution >= 4 is 0 Å². The molecule has 0 saturated heterocycles. The summed E-state index contributed by atoms with van der Waals surface area (Å²) in [5.74, 6) is 0.488. The van der Waals surface area contributed by atoms with Gasteiger partial charge in [-0.05, 0) is 19.8 Å². The number of nitrogens with zero attached hydrogens (tertiary/aromatic N) is 1. The summed E-state index contributed by atoms with van der Waals surface area (Å²) in [7, 11) is 0. The van der Waals surface area contributed by atoms with Crippen LogP contribution in [0.4, 0.5) is 0 Å². The second-order valence-electron chi connectivity index (χ2n) is 3.53.